The van der Waals surface area contributed by atoms with Crippen LogP contribution in [0.25, 0.3) is 21.2 Å². The minimum atomic E-state index is -0.224. The first-order chi connectivity index (χ1) is 14.5. The van der Waals surface area contributed by atoms with E-state index in [9.17, 15) is 9.59 Å². The van der Waals surface area contributed by atoms with Crippen molar-refractivity contribution in [3.63, 3.8) is 0 Å². The Kier molecular flexibility index (Phi) is 4.79. The number of furan rings is 1. The van der Waals surface area contributed by atoms with Crippen molar-refractivity contribution >= 4 is 38.3 Å². The Morgan fingerprint density at radius 2 is 2.03 bits per heavy atom. The van der Waals surface area contributed by atoms with Gasteiger partial charge in [-0.3, -0.25) is 14.2 Å². The average molecular weight is 422 g/mol. The third-order valence-corrected chi connectivity index (χ3v) is 6.80. The van der Waals surface area contributed by atoms with Gasteiger partial charge in [-0.05, 0) is 57.5 Å². The maximum atomic E-state index is 13.5. The predicted octanol–water partition coefficient (Wildman–Crippen LogP) is 4.03. The first-order valence-electron chi connectivity index (χ1n) is 10.2. The van der Waals surface area contributed by atoms with Gasteiger partial charge in [0.2, 0.25) is 5.78 Å². The topological polar surface area (TPSA) is 68.3 Å². The SMILES string of the molecule is CN(C)Cc1nc2sc3c(c2c(=O)n1CC(=O)c1cc2ccccc2o1)CCCC3. The fourth-order valence-electron chi connectivity index (χ4n) is 4.19. The summed E-state index contributed by atoms with van der Waals surface area (Å²) in [5.74, 6) is 0.658. The van der Waals surface area contributed by atoms with Gasteiger partial charge in [0.15, 0.2) is 5.76 Å². The van der Waals surface area contributed by atoms with Gasteiger partial charge in [-0.15, -0.1) is 11.3 Å². The lowest BCUT2D eigenvalue weighted by atomic mass is 9.97. The normalized spacial score (nSPS) is 14.0. The van der Waals surface area contributed by atoms with Crippen molar-refractivity contribution in [3.05, 3.63) is 62.7 Å². The van der Waals surface area contributed by atoms with E-state index < -0.39 is 0 Å². The highest BCUT2D eigenvalue weighted by Gasteiger charge is 2.24. The molecule has 1 aliphatic rings. The van der Waals surface area contributed by atoms with E-state index >= 15 is 0 Å². The molecule has 0 aliphatic heterocycles. The molecule has 0 atom stereocenters. The molecule has 0 unspecified atom stereocenters. The largest absolute Gasteiger partial charge is 0.453 e. The number of nitrogens with zero attached hydrogens (tertiary/aromatic N) is 3. The van der Waals surface area contributed by atoms with E-state index in [0.717, 1.165) is 41.5 Å². The van der Waals surface area contributed by atoms with Gasteiger partial charge in [-0.25, -0.2) is 4.98 Å². The average Bonchev–Trinajstić information content (AvgIpc) is 3.31. The van der Waals surface area contributed by atoms with E-state index in [1.54, 1.807) is 22.0 Å². The van der Waals surface area contributed by atoms with Crippen LogP contribution in [0, 0.1) is 0 Å². The zero-order chi connectivity index (χ0) is 20.8. The van der Waals surface area contributed by atoms with Gasteiger partial charge in [0.25, 0.3) is 5.56 Å². The summed E-state index contributed by atoms with van der Waals surface area (Å²) in [6.07, 6.45) is 4.17. The molecule has 0 amide bonds. The van der Waals surface area contributed by atoms with Crippen molar-refractivity contribution in [2.24, 2.45) is 0 Å². The molecule has 1 aliphatic carbocycles. The number of ketones is 1. The van der Waals surface area contributed by atoms with Crippen molar-refractivity contribution in [2.75, 3.05) is 14.1 Å². The second-order valence-corrected chi connectivity index (χ2v) is 9.20. The van der Waals surface area contributed by atoms with Crippen molar-refractivity contribution < 1.29 is 9.21 Å². The molecule has 5 rings (SSSR count). The summed E-state index contributed by atoms with van der Waals surface area (Å²) in [7, 11) is 3.86. The standard InChI is InChI=1S/C23H23N3O3S/c1-25(2)13-20-24-22-21(15-8-4-6-10-19(15)30-22)23(28)26(20)12-16(27)18-11-14-7-3-5-9-17(14)29-18/h3,5,7,9,11H,4,6,8,10,12-13H2,1-2H3. The Labute approximate surface area is 177 Å². The minimum absolute atomic E-state index is 0.0740. The second-order valence-electron chi connectivity index (χ2n) is 8.12. The Morgan fingerprint density at radius 3 is 2.83 bits per heavy atom. The molecule has 0 fully saturated rings. The Morgan fingerprint density at radius 1 is 1.23 bits per heavy atom. The number of aromatic nitrogens is 2. The third kappa shape index (κ3) is 3.28. The number of hydrogen-bond acceptors (Lipinski definition) is 6. The van der Waals surface area contributed by atoms with Crippen LogP contribution in [0.1, 0.15) is 39.7 Å². The van der Waals surface area contributed by atoms with Crippen LogP contribution in [0.2, 0.25) is 0 Å². The molecule has 0 saturated carbocycles. The van der Waals surface area contributed by atoms with Crippen LogP contribution in [0.4, 0.5) is 0 Å². The Bertz CT molecular complexity index is 1300. The number of Topliss-reactive ketones (excluding diaryl/α,β-unsaturated/α-hetero) is 1. The smallest absolute Gasteiger partial charge is 0.263 e. The van der Waals surface area contributed by atoms with E-state index in [0.29, 0.717) is 23.3 Å². The van der Waals surface area contributed by atoms with Crippen LogP contribution >= 0.6 is 11.3 Å². The van der Waals surface area contributed by atoms with E-state index in [4.69, 9.17) is 9.40 Å². The molecule has 0 spiro atoms. The van der Waals surface area contributed by atoms with E-state index in [1.165, 1.54) is 4.88 Å². The first-order valence-corrected chi connectivity index (χ1v) is 11.0. The lowest BCUT2D eigenvalue weighted by Crippen LogP contribution is -2.31. The second kappa shape index (κ2) is 7.49. The molecular formula is C23H23N3O3S. The molecule has 6 nitrogen and oxygen atoms in total. The molecule has 3 aromatic heterocycles. The lowest BCUT2D eigenvalue weighted by molar-refractivity contribution is 0.0943. The predicted molar refractivity (Wildman–Crippen MR) is 118 cm³/mol. The fourth-order valence-corrected chi connectivity index (χ4v) is 5.46. The highest BCUT2D eigenvalue weighted by atomic mass is 32.1. The van der Waals surface area contributed by atoms with E-state index in [2.05, 4.69) is 0 Å². The van der Waals surface area contributed by atoms with E-state index in [1.807, 2.05) is 43.3 Å². The van der Waals surface area contributed by atoms with Gasteiger partial charge in [0.1, 0.15) is 16.2 Å². The molecule has 1 aromatic carbocycles. The minimum Gasteiger partial charge on any atom is -0.453 e. The molecular weight excluding hydrogens is 398 g/mol. The summed E-state index contributed by atoms with van der Waals surface area (Å²) < 4.78 is 7.27. The van der Waals surface area contributed by atoms with Crippen LogP contribution in [-0.2, 0) is 25.9 Å². The summed E-state index contributed by atoms with van der Waals surface area (Å²) in [6.45, 7) is 0.413. The zero-order valence-electron chi connectivity index (χ0n) is 17.1. The number of hydrogen-bond donors (Lipinski definition) is 0. The number of aryl methyl sites for hydroxylation is 2. The summed E-state index contributed by atoms with van der Waals surface area (Å²) in [4.78, 5) is 35.4. The van der Waals surface area contributed by atoms with Gasteiger partial charge in [-0.2, -0.15) is 0 Å². The van der Waals surface area contributed by atoms with Crippen molar-refractivity contribution in [2.45, 2.75) is 38.8 Å². The van der Waals surface area contributed by atoms with Crippen LogP contribution in [0.15, 0.2) is 39.5 Å². The molecule has 7 heteroatoms. The van der Waals surface area contributed by atoms with Gasteiger partial charge in [0.05, 0.1) is 18.5 Å². The fraction of sp³-hybridized carbons (Fsp3) is 0.348. The van der Waals surface area contributed by atoms with Crippen molar-refractivity contribution in [1.82, 2.24) is 14.5 Å². The molecule has 0 saturated heterocycles. The van der Waals surface area contributed by atoms with Crippen LogP contribution in [0.5, 0.6) is 0 Å². The zero-order valence-corrected chi connectivity index (χ0v) is 17.9. The number of rotatable bonds is 5. The highest BCUT2D eigenvalue weighted by molar-refractivity contribution is 7.18. The molecule has 0 bridgehead atoms. The van der Waals surface area contributed by atoms with E-state index in [-0.39, 0.29) is 23.6 Å². The summed E-state index contributed by atoms with van der Waals surface area (Å²) in [5, 5.41) is 1.58. The molecule has 0 N–H and O–H groups in total. The van der Waals surface area contributed by atoms with Crippen molar-refractivity contribution in [1.29, 1.82) is 0 Å². The van der Waals surface area contributed by atoms with Crippen LogP contribution < -0.4 is 5.56 Å². The number of para-hydroxylation sites is 1. The van der Waals surface area contributed by atoms with Gasteiger partial charge in [-0.1, -0.05) is 18.2 Å². The quantitative estimate of drug-likeness (QED) is 0.455. The van der Waals surface area contributed by atoms with Gasteiger partial charge >= 0.3 is 0 Å². The highest BCUT2D eigenvalue weighted by Crippen LogP contribution is 2.34. The Balaban J connectivity index is 1.61. The number of thiophene rings is 1. The molecule has 0 radical (unpaired) electrons. The molecule has 154 valence electrons. The Hall–Kier alpha value is -2.77. The maximum absolute atomic E-state index is 13.5. The molecule has 3 heterocycles. The number of fused-ring (bicyclic) bond motifs is 4. The maximum Gasteiger partial charge on any atom is 0.263 e. The summed E-state index contributed by atoms with van der Waals surface area (Å²) >= 11 is 1.64. The molecule has 30 heavy (non-hydrogen) atoms. The molecule has 4 aromatic rings. The number of carbonyl (C=O) groups excluding carboxylic acids is 1. The lowest BCUT2D eigenvalue weighted by Gasteiger charge is -2.15. The van der Waals surface area contributed by atoms with Gasteiger partial charge < -0.3 is 9.32 Å². The van der Waals surface area contributed by atoms with Crippen LogP contribution in [-0.4, -0.2) is 34.3 Å². The van der Waals surface area contributed by atoms with Crippen molar-refractivity contribution in [3.8, 4) is 0 Å². The summed E-state index contributed by atoms with van der Waals surface area (Å²) in [6, 6.07) is 9.26. The van der Waals surface area contributed by atoms with Gasteiger partial charge in [0, 0.05) is 10.3 Å². The summed E-state index contributed by atoms with van der Waals surface area (Å²) in [5.41, 5.74) is 1.70. The number of benzene rings is 1. The van der Waals surface area contributed by atoms with Crippen LogP contribution in [0.3, 0.4) is 0 Å². The first kappa shape index (κ1) is 19.2. The monoisotopic (exact) mass is 421 g/mol. The number of carbonyl (C=O) groups is 1. The third-order valence-electron chi connectivity index (χ3n) is 5.61.